The van der Waals surface area contributed by atoms with Crippen LogP contribution in [0.15, 0.2) is 96.7 Å². The van der Waals surface area contributed by atoms with Crippen molar-refractivity contribution < 1.29 is 4.79 Å². The minimum atomic E-state index is -0.230. The van der Waals surface area contributed by atoms with Crippen LogP contribution in [0.4, 0.5) is 10.5 Å². The standard InChI is InChI=1S/C24H23N5OS/c30-24(27-15-20-7-1-2-8-21(20)16-29-13-12-25-18-29)28-22-9-5-6-19(14-22)17-31-23-10-3-4-11-26-23/h1-14,18H,15-17H2,(H2,27,28,30). The van der Waals surface area contributed by atoms with E-state index in [9.17, 15) is 4.79 Å². The predicted molar refractivity (Wildman–Crippen MR) is 124 cm³/mol. The largest absolute Gasteiger partial charge is 0.334 e. The molecule has 0 radical (unpaired) electrons. The number of thioether (sulfide) groups is 1. The van der Waals surface area contributed by atoms with E-state index in [1.165, 1.54) is 0 Å². The first-order valence-corrected chi connectivity index (χ1v) is 10.9. The Morgan fingerprint density at radius 3 is 2.65 bits per heavy atom. The molecule has 0 aliphatic carbocycles. The van der Waals surface area contributed by atoms with Gasteiger partial charge in [-0.25, -0.2) is 14.8 Å². The first kappa shape index (κ1) is 20.7. The summed E-state index contributed by atoms with van der Waals surface area (Å²) in [5.74, 6) is 0.787. The predicted octanol–water partition coefficient (Wildman–Crippen LogP) is 4.94. The van der Waals surface area contributed by atoms with Gasteiger partial charge in [-0.15, -0.1) is 11.8 Å². The first-order valence-electron chi connectivity index (χ1n) is 9.96. The molecule has 0 fully saturated rings. The molecule has 0 unspecified atom stereocenters. The third-order valence-electron chi connectivity index (χ3n) is 4.68. The first-order chi connectivity index (χ1) is 15.3. The molecular formula is C24H23N5OS. The Bertz CT molecular complexity index is 1120. The Hall–Kier alpha value is -3.58. The van der Waals surface area contributed by atoms with Crippen molar-refractivity contribution in [3.05, 3.63) is 108 Å². The molecule has 2 N–H and O–H groups in total. The fraction of sp³-hybridized carbons (Fsp3) is 0.125. The van der Waals surface area contributed by atoms with Crippen LogP contribution in [0, 0.1) is 0 Å². The van der Waals surface area contributed by atoms with Gasteiger partial charge in [0.05, 0.1) is 11.4 Å². The van der Waals surface area contributed by atoms with Gasteiger partial charge in [-0.1, -0.05) is 42.5 Å². The molecule has 0 spiro atoms. The van der Waals surface area contributed by atoms with Crippen LogP contribution in [-0.2, 0) is 18.8 Å². The summed E-state index contributed by atoms with van der Waals surface area (Å²) >= 11 is 1.67. The molecule has 31 heavy (non-hydrogen) atoms. The number of pyridine rings is 1. The number of nitrogens with zero attached hydrogens (tertiary/aromatic N) is 3. The van der Waals surface area contributed by atoms with Gasteiger partial charge < -0.3 is 15.2 Å². The summed E-state index contributed by atoms with van der Waals surface area (Å²) in [5, 5.41) is 6.86. The number of carbonyl (C=O) groups is 1. The third-order valence-corrected chi connectivity index (χ3v) is 5.69. The molecule has 4 rings (SSSR count). The molecular weight excluding hydrogens is 406 g/mol. The minimum Gasteiger partial charge on any atom is -0.334 e. The van der Waals surface area contributed by atoms with Crippen molar-refractivity contribution in [1.29, 1.82) is 0 Å². The number of nitrogens with one attached hydrogen (secondary N) is 2. The molecule has 0 saturated heterocycles. The van der Waals surface area contributed by atoms with Crippen molar-refractivity contribution in [2.45, 2.75) is 23.9 Å². The molecule has 2 heterocycles. The fourth-order valence-corrected chi connectivity index (χ4v) is 3.94. The topological polar surface area (TPSA) is 71.8 Å². The maximum atomic E-state index is 12.5. The van der Waals surface area contributed by atoms with Gasteiger partial charge in [0.1, 0.15) is 0 Å². The Labute approximate surface area is 185 Å². The van der Waals surface area contributed by atoms with E-state index in [0.29, 0.717) is 6.54 Å². The monoisotopic (exact) mass is 429 g/mol. The Balaban J connectivity index is 1.31. The highest BCUT2D eigenvalue weighted by molar-refractivity contribution is 7.98. The lowest BCUT2D eigenvalue weighted by Crippen LogP contribution is -2.28. The van der Waals surface area contributed by atoms with Gasteiger partial charge in [0.2, 0.25) is 0 Å². The summed E-state index contributed by atoms with van der Waals surface area (Å²) in [5.41, 5.74) is 4.11. The van der Waals surface area contributed by atoms with Gasteiger partial charge in [0.25, 0.3) is 0 Å². The number of urea groups is 1. The van der Waals surface area contributed by atoms with E-state index < -0.39 is 0 Å². The molecule has 0 aliphatic heterocycles. The van der Waals surface area contributed by atoms with Gasteiger partial charge in [0, 0.05) is 43.1 Å². The van der Waals surface area contributed by atoms with E-state index in [4.69, 9.17) is 0 Å². The van der Waals surface area contributed by atoms with Crippen molar-refractivity contribution in [3.8, 4) is 0 Å². The van der Waals surface area contributed by atoms with Crippen LogP contribution in [-0.4, -0.2) is 20.6 Å². The zero-order chi connectivity index (χ0) is 21.3. The van der Waals surface area contributed by atoms with Gasteiger partial charge in [0.15, 0.2) is 0 Å². The summed E-state index contributed by atoms with van der Waals surface area (Å²) in [4.78, 5) is 20.9. The van der Waals surface area contributed by atoms with Crippen LogP contribution in [0.3, 0.4) is 0 Å². The lowest BCUT2D eigenvalue weighted by atomic mass is 10.1. The number of amides is 2. The molecule has 7 heteroatoms. The van der Waals surface area contributed by atoms with Crippen LogP contribution in [0.1, 0.15) is 16.7 Å². The second-order valence-corrected chi connectivity index (χ2v) is 7.96. The van der Waals surface area contributed by atoms with Crippen LogP contribution >= 0.6 is 11.8 Å². The average molecular weight is 430 g/mol. The molecule has 156 valence electrons. The van der Waals surface area contributed by atoms with Crippen molar-refractivity contribution >= 4 is 23.5 Å². The minimum absolute atomic E-state index is 0.230. The highest BCUT2D eigenvalue weighted by Gasteiger charge is 2.07. The molecule has 0 atom stereocenters. The summed E-state index contributed by atoms with van der Waals surface area (Å²) in [6, 6.07) is 21.6. The van der Waals surface area contributed by atoms with Crippen molar-refractivity contribution in [2.24, 2.45) is 0 Å². The highest BCUT2D eigenvalue weighted by atomic mass is 32.2. The highest BCUT2D eigenvalue weighted by Crippen LogP contribution is 2.22. The maximum Gasteiger partial charge on any atom is 0.319 e. The molecule has 2 aromatic heterocycles. The lowest BCUT2D eigenvalue weighted by molar-refractivity contribution is 0.251. The van der Waals surface area contributed by atoms with Crippen molar-refractivity contribution in [3.63, 3.8) is 0 Å². The maximum absolute atomic E-state index is 12.5. The molecule has 2 amide bonds. The fourth-order valence-electron chi connectivity index (χ4n) is 3.14. The second-order valence-electron chi connectivity index (χ2n) is 6.97. The zero-order valence-electron chi connectivity index (χ0n) is 16.9. The van der Waals surface area contributed by atoms with Crippen molar-refractivity contribution in [2.75, 3.05) is 5.32 Å². The number of rotatable bonds is 8. The number of carbonyl (C=O) groups excluding carboxylic acids is 1. The van der Waals surface area contributed by atoms with E-state index >= 15 is 0 Å². The molecule has 4 aromatic rings. The van der Waals surface area contributed by atoms with E-state index in [1.807, 2.05) is 71.4 Å². The van der Waals surface area contributed by atoms with Crippen molar-refractivity contribution in [1.82, 2.24) is 19.9 Å². The Kier molecular flexibility index (Phi) is 6.97. The van der Waals surface area contributed by atoms with E-state index in [1.54, 1.807) is 30.5 Å². The molecule has 0 bridgehead atoms. The summed E-state index contributed by atoms with van der Waals surface area (Å²) < 4.78 is 2.01. The van der Waals surface area contributed by atoms with Gasteiger partial charge in [-0.2, -0.15) is 0 Å². The van der Waals surface area contributed by atoms with Crippen LogP contribution in [0.25, 0.3) is 0 Å². The third kappa shape index (κ3) is 6.20. The number of hydrogen-bond donors (Lipinski definition) is 2. The number of aromatic nitrogens is 3. The van der Waals surface area contributed by atoms with E-state index in [2.05, 4.69) is 26.7 Å². The summed E-state index contributed by atoms with van der Waals surface area (Å²) in [7, 11) is 0. The van der Waals surface area contributed by atoms with E-state index in [0.717, 1.165) is 39.7 Å². The van der Waals surface area contributed by atoms with Gasteiger partial charge in [-0.3, -0.25) is 0 Å². The zero-order valence-corrected chi connectivity index (χ0v) is 17.8. The van der Waals surface area contributed by atoms with E-state index in [-0.39, 0.29) is 6.03 Å². The molecule has 0 saturated carbocycles. The van der Waals surface area contributed by atoms with Crippen LogP contribution in [0.5, 0.6) is 0 Å². The average Bonchev–Trinajstić information content (AvgIpc) is 3.31. The summed E-state index contributed by atoms with van der Waals surface area (Å²) in [6.07, 6.45) is 7.27. The summed E-state index contributed by atoms with van der Waals surface area (Å²) in [6.45, 7) is 1.17. The van der Waals surface area contributed by atoms with Gasteiger partial charge >= 0.3 is 6.03 Å². The number of anilines is 1. The molecule has 0 aliphatic rings. The molecule has 6 nitrogen and oxygen atoms in total. The number of imidazole rings is 1. The smallest absolute Gasteiger partial charge is 0.319 e. The van der Waals surface area contributed by atoms with Crippen LogP contribution in [0.2, 0.25) is 0 Å². The number of hydrogen-bond acceptors (Lipinski definition) is 4. The number of benzene rings is 2. The lowest BCUT2D eigenvalue weighted by Gasteiger charge is -2.12. The second kappa shape index (κ2) is 10.4. The normalized spacial score (nSPS) is 10.6. The Morgan fingerprint density at radius 1 is 0.968 bits per heavy atom. The SMILES string of the molecule is O=C(NCc1ccccc1Cn1ccnc1)Nc1cccc(CSc2ccccn2)c1. The molecule has 2 aromatic carbocycles. The van der Waals surface area contributed by atoms with Gasteiger partial charge in [-0.05, 0) is 41.0 Å². The van der Waals surface area contributed by atoms with Crippen LogP contribution < -0.4 is 10.6 Å². The quantitative estimate of drug-likeness (QED) is 0.389. The Morgan fingerprint density at radius 2 is 1.84 bits per heavy atom.